The summed E-state index contributed by atoms with van der Waals surface area (Å²) in [6.07, 6.45) is 1.62. The molecule has 2 aromatic carbocycles. The molecule has 1 aromatic heterocycles. The lowest BCUT2D eigenvalue weighted by Crippen LogP contribution is -2.21. The highest BCUT2D eigenvalue weighted by atomic mass is 79.9. The Morgan fingerprint density at radius 2 is 1.90 bits per heavy atom. The van der Waals surface area contributed by atoms with Gasteiger partial charge in [-0.1, -0.05) is 39.7 Å². The molecule has 2 heterocycles. The van der Waals surface area contributed by atoms with E-state index in [-0.39, 0.29) is 16.5 Å². The number of benzene rings is 2. The number of anilines is 1. The minimum atomic E-state index is -1.18. The summed E-state index contributed by atoms with van der Waals surface area (Å²) >= 11 is 9.31. The van der Waals surface area contributed by atoms with Gasteiger partial charge < -0.3 is 9.52 Å². The van der Waals surface area contributed by atoms with Crippen LogP contribution >= 0.6 is 27.5 Å². The molecule has 1 amide bonds. The molecule has 0 radical (unpaired) electrons. The molecule has 6 nitrogen and oxygen atoms in total. The van der Waals surface area contributed by atoms with Crippen LogP contribution in [0.1, 0.15) is 23.0 Å². The Morgan fingerprint density at radius 3 is 2.60 bits per heavy atom. The number of carboxylic acids is 1. The number of hydrogen-bond acceptors (Lipinski definition) is 4. The maximum atomic E-state index is 12.9. The molecule has 150 valence electrons. The minimum absolute atomic E-state index is 0.0884. The number of hydrogen-bond donors (Lipinski definition) is 1. The summed E-state index contributed by atoms with van der Waals surface area (Å²) in [5, 5.41) is 14.8. The van der Waals surface area contributed by atoms with Crippen LogP contribution in [0.15, 0.2) is 74.2 Å². The lowest BCUT2D eigenvalue weighted by molar-refractivity contribution is -0.114. The summed E-state index contributed by atoms with van der Waals surface area (Å²) in [6.45, 7) is 1.70. The largest absolute Gasteiger partial charge is 0.478 e. The lowest BCUT2D eigenvalue weighted by atomic mass is 10.1. The zero-order chi connectivity index (χ0) is 21.4. The summed E-state index contributed by atoms with van der Waals surface area (Å²) in [5.41, 5.74) is 1.99. The molecule has 0 atom stereocenters. The van der Waals surface area contributed by atoms with E-state index in [2.05, 4.69) is 21.0 Å². The van der Waals surface area contributed by atoms with Crippen molar-refractivity contribution >= 4 is 56.9 Å². The van der Waals surface area contributed by atoms with Gasteiger partial charge in [0.2, 0.25) is 0 Å². The number of carbonyl (C=O) groups is 2. The number of carbonyl (C=O) groups excluding carboxylic acids is 1. The smallest absolute Gasteiger partial charge is 0.337 e. The van der Waals surface area contributed by atoms with Crippen LogP contribution in [0.5, 0.6) is 0 Å². The van der Waals surface area contributed by atoms with Crippen molar-refractivity contribution in [2.24, 2.45) is 5.10 Å². The fourth-order valence-corrected chi connectivity index (χ4v) is 3.47. The topological polar surface area (TPSA) is 83.1 Å². The van der Waals surface area contributed by atoms with E-state index in [1.807, 2.05) is 30.3 Å². The lowest BCUT2D eigenvalue weighted by Gasteiger charge is -2.12. The van der Waals surface area contributed by atoms with Crippen molar-refractivity contribution in [1.29, 1.82) is 0 Å². The molecule has 1 N–H and O–H groups in total. The maximum Gasteiger partial charge on any atom is 0.337 e. The SMILES string of the molecule is CC1=NN(c2ccc(Cl)c(C(=O)O)c2)C(=O)C1=Cc1ccc(-c2ccc(Br)cc2)o1. The first-order valence-corrected chi connectivity index (χ1v) is 10.0. The molecule has 0 spiro atoms. The van der Waals surface area contributed by atoms with E-state index in [4.69, 9.17) is 16.0 Å². The van der Waals surface area contributed by atoms with Crippen LogP contribution < -0.4 is 5.01 Å². The minimum Gasteiger partial charge on any atom is -0.478 e. The highest BCUT2D eigenvalue weighted by Crippen LogP contribution is 2.30. The summed E-state index contributed by atoms with van der Waals surface area (Å²) in [4.78, 5) is 24.2. The number of hydrazone groups is 1. The third kappa shape index (κ3) is 3.81. The molecule has 0 bridgehead atoms. The summed E-state index contributed by atoms with van der Waals surface area (Å²) in [7, 11) is 0. The van der Waals surface area contributed by atoms with Crippen molar-refractivity contribution in [2.45, 2.75) is 6.92 Å². The molecule has 3 aromatic rings. The van der Waals surface area contributed by atoms with E-state index in [0.717, 1.165) is 15.0 Å². The normalized spacial score (nSPS) is 15.0. The van der Waals surface area contributed by atoms with Gasteiger partial charge in [-0.15, -0.1) is 0 Å². The van der Waals surface area contributed by atoms with E-state index in [1.54, 1.807) is 25.1 Å². The quantitative estimate of drug-likeness (QED) is 0.469. The summed E-state index contributed by atoms with van der Waals surface area (Å²) < 4.78 is 6.83. The zero-order valence-electron chi connectivity index (χ0n) is 15.6. The van der Waals surface area contributed by atoms with Crippen molar-refractivity contribution in [2.75, 3.05) is 5.01 Å². The van der Waals surface area contributed by atoms with Gasteiger partial charge in [0.15, 0.2) is 0 Å². The van der Waals surface area contributed by atoms with E-state index >= 15 is 0 Å². The predicted molar refractivity (Wildman–Crippen MR) is 119 cm³/mol. The number of furan rings is 1. The molecule has 1 aliphatic rings. The van der Waals surface area contributed by atoms with E-state index in [1.165, 1.54) is 12.1 Å². The number of nitrogens with zero attached hydrogens (tertiary/aromatic N) is 2. The van der Waals surface area contributed by atoms with Gasteiger partial charge in [-0.3, -0.25) is 4.79 Å². The third-order valence-electron chi connectivity index (χ3n) is 4.53. The van der Waals surface area contributed by atoms with Crippen LogP contribution in [0, 0.1) is 0 Å². The van der Waals surface area contributed by atoms with Gasteiger partial charge in [0.05, 0.1) is 27.6 Å². The van der Waals surface area contributed by atoms with Crippen LogP contribution in [-0.4, -0.2) is 22.7 Å². The Morgan fingerprint density at radius 1 is 1.17 bits per heavy atom. The Labute approximate surface area is 185 Å². The molecule has 8 heteroatoms. The van der Waals surface area contributed by atoms with Crippen LogP contribution in [-0.2, 0) is 4.79 Å². The van der Waals surface area contributed by atoms with Crippen LogP contribution in [0.2, 0.25) is 5.02 Å². The van der Waals surface area contributed by atoms with Crippen molar-refractivity contribution in [3.63, 3.8) is 0 Å². The number of aromatic carboxylic acids is 1. The van der Waals surface area contributed by atoms with E-state index in [0.29, 0.717) is 28.5 Å². The molecule has 0 fully saturated rings. The molecule has 0 saturated heterocycles. The van der Waals surface area contributed by atoms with Gasteiger partial charge in [0, 0.05) is 10.0 Å². The third-order valence-corrected chi connectivity index (χ3v) is 5.39. The van der Waals surface area contributed by atoms with Crippen LogP contribution in [0.4, 0.5) is 5.69 Å². The molecule has 30 heavy (non-hydrogen) atoms. The van der Waals surface area contributed by atoms with Gasteiger partial charge in [-0.05, 0) is 55.5 Å². The van der Waals surface area contributed by atoms with Crippen molar-refractivity contribution in [3.05, 3.63) is 81.0 Å². The van der Waals surface area contributed by atoms with E-state index < -0.39 is 5.97 Å². The Balaban J connectivity index is 1.63. The number of rotatable bonds is 4. The first-order valence-electron chi connectivity index (χ1n) is 8.84. The molecule has 0 saturated carbocycles. The van der Waals surface area contributed by atoms with Crippen LogP contribution in [0.25, 0.3) is 17.4 Å². The van der Waals surface area contributed by atoms with Gasteiger partial charge in [0.1, 0.15) is 11.5 Å². The van der Waals surface area contributed by atoms with Gasteiger partial charge >= 0.3 is 5.97 Å². The van der Waals surface area contributed by atoms with Crippen LogP contribution in [0.3, 0.4) is 0 Å². The van der Waals surface area contributed by atoms with Crippen molar-refractivity contribution in [3.8, 4) is 11.3 Å². The highest BCUT2D eigenvalue weighted by molar-refractivity contribution is 9.10. The Kier molecular flexibility index (Phi) is 5.32. The molecular formula is C22H14BrClN2O4. The predicted octanol–water partition coefficient (Wildman–Crippen LogP) is 5.87. The fourth-order valence-electron chi connectivity index (χ4n) is 3.01. The molecule has 0 unspecified atom stereocenters. The first-order chi connectivity index (χ1) is 14.3. The molecular weight excluding hydrogens is 472 g/mol. The van der Waals surface area contributed by atoms with Gasteiger partial charge in [0.25, 0.3) is 5.91 Å². The first kappa shape index (κ1) is 20.1. The Bertz CT molecular complexity index is 1230. The van der Waals surface area contributed by atoms with Gasteiger partial charge in [-0.2, -0.15) is 10.1 Å². The number of halogens is 2. The maximum absolute atomic E-state index is 12.9. The van der Waals surface area contributed by atoms with Crippen molar-refractivity contribution in [1.82, 2.24) is 0 Å². The second kappa shape index (κ2) is 7.93. The highest BCUT2D eigenvalue weighted by Gasteiger charge is 2.30. The number of carboxylic acid groups (broad SMARTS) is 1. The molecule has 1 aliphatic heterocycles. The summed E-state index contributed by atoms with van der Waals surface area (Å²) in [6, 6.07) is 15.6. The fraction of sp³-hybridized carbons (Fsp3) is 0.0455. The average molecular weight is 486 g/mol. The number of amides is 1. The monoisotopic (exact) mass is 484 g/mol. The molecule has 0 aliphatic carbocycles. The molecule has 4 rings (SSSR count). The second-order valence-electron chi connectivity index (χ2n) is 6.54. The Hall–Kier alpha value is -3.16. The van der Waals surface area contributed by atoms with Crippen molar-refractivity contribution < 1.29 is 19.1 Å². The summed E-state index contributed by atoms with van der Waals surface area (Å²) in [5.74, 6) is -0.376. The van der Waals surface area contributed by atoms with E-state index in [9.17, 15) is 14.7 Å². The average Bonchev–Trinajstić information content (AvgIpc) is 3.29. The second-order valence-corrected chi connectivity index (χ2v) is 7.86. The standard InChI is InChI=1S/C22H14BrClN2O4/c1-12-17(11-16-7-9-20(30-16)13-2-4-14(23)5-3-13)21(27)26(25-12)15-6-8-19(24)18(10-15)22(28)29/h2-11H,1H3,(H,28,29). The zero-order valence-corrected chi connectivity index (χ0v) is 17.9. The van der Waals surface area contributed by atoms with Gasteiger partial charge in [-0.25, -0.2) is 4.79 Å².